The van der Waals surface area contributed by atoms with Gasteiger partial charge in [0.1, 0.15) is 5.58 Å². The molecule has 4 rings (SSSR count). The van der Waals surface area contributed by atoms with Crippen LogP contribution in [-0.2, 0) is 0 Å². The SMILES string of the molecule is Cc1ccc(C(CNC(=O)c2oc3cc(C)ccc3c2C)N2CCCCCC2)cc1. The van der Waals surface area contributed by atoms with Gasteiger partial charge in [0, 0.05) is 17.5 Å². The predicted molar refractivity (Wildman–Crippen MR) is 122 cm³/mol. The van der Waals surface area contributed by atoms with E-state index in [-0.39, 0.29) is 11.9 Å². The van der Waals surface area contributed by atoms with Crippen LogP contribution in [0.2, 0.25) is 0 Å². The zero-order chi connectivity index (χ0) is 21.1. The van der Waals surface area contributed by atoms with E-state index in [1.54, 1.807) is 0 Å². The quantitative estimate of drug-likeness (QED) is 0.593. The fourth-order valence-electron chi connectivity index (χ4n) is 4.47. The molecule has 0 bridgehead atoms. The van der Waals surface area contributed by atoms with E-state index in [9.17, 15) is 4.79 Å². The second-order valence-corrected chi connectivity index (χ2v) is 8.64. The first kappa shape index (κ1) is 20.7. The molecular weight excluding hydrogens is 372 g/mol. The number of rotatable bonds is 5. The monoisotopic (exact) mass is 404 g/mol. The minimum atomic E-state index is -0.131. The molecule has 1 aliphatic rings. The van der Waals surface area contributed by atoms with Crippen LogP contribution in [0.3, 0.4) is 0 Å². The number of nitrogens with zero attached hydrogens (tertiary/aromatic N) is 1. The fraction of sp³-hybridized carbons (Fsp3) is 0.423. The van der Waals surface area contributed by atoms with Crippen molar-refractivity contribution in [1.29, 1.82) is 0 Å². The standard InChI is InChI=1S/C26H32N2O2/c1-18-8-11-21(12-9-18)23(28-14-6-4-5-7-15-28)17-27-26(29)25-20(3)22-13-10-19(2)16-24(22)30-25/h8-13,16,23H,4-7,14-15,17H2,1-3H3,(H,27,29). The molecule has 0 aliphatic carbocycles. The van der Waals surface area contributed by atoms with E-state index >= 15 is 0 Å². The lowest BCUT2D eigenvalue weighted by molar-refractivity contribution is 0.0907. The van der Waals surface area contributed by atoms with Crippen LogP contribution in [0.1, 0.15) is 64.5 Å². The van der Waals surface area contributed by atoms with Gasteiger partial charge in [-0.15, -0.1) is 0 Å². The van der Waals surface area contributed by atoms with Crippen LogP contribution in [-0.4, -0.2) is 30.4 Å². The number of carbonyl (C=O) groups is 1. The molecule has 30 heavy (non-hydrogen) atoms. The Morgan fingerprint density at radius 2 is 1.63 bits per heavy atom. The van der Waals surface area contributed by atoms with Crippen molar-refractivity contribution in [3.05, 3.63) is 70.5 Å². The van der Waals surface area contributed by atoms with Gasteiger partial charge in [0.25, 0.3) is 5.91 Å². The first-order valence-electron chi connectivity index (χ1n) is 11.1. The number of likely N-dealkylation sites (tertiary alicyclic amines) is 1. The van der Waals surface area contributed by atoms with E-state index in [0.29, 0.717) is 12.3 Å². The molecule has 1 saturated heterocycles. The third kappa shape index (κ3) is 4.44. The highest BCUT2D eigenvalue weighted by molar-refractivity contribution is 5.99. The second kappa shape index (κ2) is 9.05. The molecule has 158 valence electrons. The third-order valence-corrected chi connectivity index (χ3v) is 6.30. The van der Waals surface area contributed by atoms with Gasteiger partial charge in [-0.05, 0) is 63.9 Å². The number of fused-ring (bicyclic) bond motifs is 1. The van der Waals surface area contributed by atoms with E-state index in [0.717, 1.165) is 35.2 Å². The molecule has 1 atom stereocenters. The summed E-state index contributed by atoms with van der Waals surface area (Å²) >= 11 is 0. The van der Waals surface area contributed by atoms with Gasteiger partial charge < -0.3 is 9.73 Å². The average molecular weight is 405 g/mol. The maximum atomic E-state index is 13.0. The number of hydrogen-bond acceptors (Lipinski definition) is 3. The molecule has 3 aromatic rings. The minimum Gasteiger partial charge on any atom is -0.451 e. The lowest BCUT2D eigenvalue weighted by Gasteiger charge is -2.31. The van der Waals surface area contributed by atoms with Crippen molar-refractivity contribution in [2.75, 3.05) is 19.6 Å². The summed E-state index contributed by atoms with van der Waals surface area (Å²) in [4.78, 5) is 15.6. The number of amides is 1. The summed E-state index contributed by atoms with van der Waals surface area (Å²) in [5.74, 6) is 0.294. The molecule has 1 amide bonds. The van der Waals surface area contributed by atoms with Crippen LogP contribution >= 0.6 is 0 Å². The number of hydrogen-bond donors (Lipinski definition) is 1. The van der Waals surface area contributed by atoms with E-state index in [1.807, 2.05) is 26.0 Å². The Bertz CT molecular complexity index is 1010. The zero-order valence-corrected chi connectivity index (χ0v) is 18.3. The van der Waals surface area contributed by atoms with Gasteiger partial charge in [0.05, 0.1) is 6.04 Å². The Labute approximate surface area is 179 Å². The number of carbonyl (C=O) groups excluding carboxylic acids is 1. The van der Waals surface area contributed by atoms with Crippen molar-refractivity contribution in [2.45, 2.75) is 52.5 Å². The Morgan fingerprint density at radius 3 is 2.33 bits per heavy atom. The van der Waals surface area contributed by atoms with Gasteiger partial charge in [-0.3, -0.25) is 9.69 Å². The molecule has 2 heterocycles. The predicted octanol–water partition coefficient (Wildman–Crippen LogP) is 5.71. The molecule has 1 unspecified atom stereocenters. The molecule has 0 radical (unpaired) electrons. The maximum Gasteiger partial charge on any atom is 0.287 e. The van der Waals surface area contributed by atoms with E-state index < -0.39 is 0 Å². The molecule has 1 aliphatic heterocycles. The van der Waals surface area contributed by atoms with Gasteiger partial charge >= 0.3 is 0 Å². The number of aryl methyl sites for hydroxylation is 3. The summed E-state index contributed by atoms with van der Waals surface area (Å²) in [5.41, 5.74) is 5.33. The number of nitrogens with one attached hydrogen (secondary N) is 1. The Morgan fingerprint density at radius 1 is 0.967 bits per heavy atom. The first-order valence-corrected chi connectivity index (χ1v) is 11.1. The topological polar surface area (TPSA) is 45.5 Å². The first-order chi connectivity index (χ1) is 14.5. The average Bonchev–Trinajstić information content (AvgIpc) is 2.90. The lowest BCUT2D eigenvalue weighted by Crippen LogP contribution is -2.38. The summed E-state index contributed by atoms with van der Waals surface area (Å²) in [6.07, 6.45) is 5.03. The van der Waals surface area contributed by atoms with Crippen molar-refractivity contribution >= 4 is 16.9 Å². The molecule has 2 aromatic carbocycles. The van der Waals surface area contributed by atoms with Crippen molar-refractivity contribution < 1.29 is 9.21 Å². The van der Waals surface area contributed by atoms with Crippen molar-refractivity contribution in [1.82, 2.24) is 10.2 Å². The molecule has 4 heteroatoms. The van der Waals surface area contributed by atoms with Crippen LogP contribution < -0.4 is 5.32 Å². The van der Waals surface area contributed by atoms with Crippen LogP contribution in [0.25, 0.3) is 11.0 Å². The highest BCUT2D eigenvalue weighted by Crippen LogP contribution is 2.27. The summed E-state index contributed by atoms with van der Waals surface area (Å²) in [7, 11) is 0. The zero-order valence-electron chi connectivity index (χ0n) is 18.3. The molecule has 1 aromatic heterocycles. The molecular formula is C26H32N2O2. The van der Waals surface area contributed by atoms with Crippen molar-refractivity contribution in [2.24, 2.45) is 0 Å². The van der Waals surface area contributed by atoms with Gasteiger partial charge in [-0.2, -0.15) is 0 Å². The highest BCUT2D eigenvalue weighted by Gasteiger charge is 2.24. The Hall–Kier alpha value is -2.59. The number of benzene rings is 2. The molecule has 1 N–H and O–H groups in total. The maximum absolute atomic E-state index is 13.0. The van der Waals surface area contributed by atoms with Gasteiger partial charge in [0.15, 0.2) is 5.76 Å². The summed E-state index contributed by atoms with van der Waals surface area (Å²) in [6.45, 7) is 8.84. The van der Waals surface area contributed by atoms with Crippen molar-refractivity contribution in [3.63, 3.8) is 0 Å². The fourth-order valence-corrected chi connectivity index (χ4v) is 4.47. The summed E-state index contributed by atoms with van der Waals surface area (Å²) in [5, 5.41) is 4.18. The molecule has 4 nitrogen and oxygen atoms in total. The van der Waals surface area contributed by atoms with Crippen molar-refractivity contribution in [3.8, 4) is 0 Å². The molecule has 1 fully saturated rings. The van der Waals surface area contributed by atoms with Crippen LogP contribution in [0.5, 0.6) is 0 Å². The van der Waals surface area contributed by atoms with Gasteiger partial charge in [0.2, 0.25) is 0 Å². The van der Waals surface area contributed by atoms with Crippen LogP contribution in [0, 0.1) is 20.8 Å². The van der Waals surface area contributed by atoms with Crippen LogP contribution in [0.4, 0.5) is 0 Å². The van der Waals surface area contributed by atoms with Gasteiger partial charge in [-0.25, -0.2) is 0 Å². The van der Waals surface area contributed by atoms with E-state index in [2.05, 4.69) is 47.5 Å². The third-order valence-electron chi connectivity index (χ3n) is 6.30. The minimum absolute atomic E-state index is 0.131. The Kier molecular flexibility index (Phi) is 6.24. The lowest BCUT2D eigenvalue weighted by atomic mass is 10.0. The van der Waals surface area contributed by atoms with E-state index in [1.165, 1.54) is 36.8 Å². The molecule has 0 saturated carbocycles. The second-order valence-electron chi connectivity index (χ2n) is 8.64. The highest BCUT2D eigenvalue weighted by atomic mass is 16.3. The molecule has 0 spiro atoms. The Balaban J connectivity index is 1.55. The summed E-state index contributed by atoms with van der Waals surface area (Å²) in [6, 6.07) is 15.0. The largest absolute Gasteiger partial charge is 0.451 e. The van der Waals surface area contributed by atoms with Gasteiger partial charge in [-0.1, -0.05) is 54.8 Å². The smallest absolute Gasteiger partial charge is 0.287 e. The van der Waals surface area contributed by atoms with Crippen LogP contribution in [0.15, 0.2) is 46.9 Å². The normalized spacial score (nSPS) is 16.4. The summed E-state index contributed by atoms with van der Waals surface area (Å²) < 4.78 is 5.94. The number of furan rings is 1. The van der Waals surface area contributed by atoms with E-state index in [4.69, 9.17) is 4.42 Å².